The molecule has 1 aromatic rings. The minimum atomic E-state index is 0.579. The van der Waals surface area contributed by atoms with Gasteiger partial charge in [-0.25, -0.2) is 0 Å². The van der Waals surface area contributed by atoms with Gasteiger partial charge in [-0.3, -0.25) is 4.68 Å². The lowest BCUT2D eigenvalue weighted by atomic mass is 9.84. The molecule has 1 saturated carbocycles. The van der Waals surface area contributed by atoms with Gasteiger partial charge in [0.25, 0.3) is 0 Å². The number of rotatable bonds is 6. The molecule has 0 spiro atoms. The highest BCUT2D eigenvalue weighted by molar-refractivity contribution is 5.10. The molecule has 108 valence electrons. The Labute approximate surface area is 117 Å². The van der Waals surface area contributed by atoms with Crippen molar-refractivity contribution in [3.8, 4) is 0 Å². The first-order chi connectivity index (χ1) is 9.28. The van der Waals surface area contributed by atoms with Crippen molar-refractivity contribution in [3.05, 3.63) is 17.5 Å². The molecule has 1 N–H and O–H groups in total. The summed E-state index contributed by atoms with van der Waals surface area (Å²) in [5.41, 5.74) is 2.61. The van der Waals surface area contributed by atoms with E-state index in [1.807, 2.05) is 0 Å². The number of nitrogens with one attached hydrogen (secondary N) is 1. The lowest BCUT2D eigenvalue weighted by Gasteiger charge is -2.30. The molecule has 1 atom stereocenters. The van der Waals surface area contributed by atoms with E-state index < -0.39 is 0 Å². The van der Waals surface area contributed by atoms with E-state index in [4.69, 9.17) is 5.10 Å². The second-order valence-corrected chi connectivity index (χ2v) is 5.81. The first kappa shape index (κ1) is 14.6. The second kappa shape index (κ2) is 7.09. The molecule has 1 fully saturated rings. The molecule has 19 heavy (non-hydrogen) atoms. The summed E-state index contributed by atoms with van der Waals surface area (Å²) in [5, 5.41) is 8.30. The Kier molecular flexibility index (Phi) is 5.44. The molecule has 0 aromatic carbocycles. The maximum atomic E-state index is 4.76. The zero-order valence-electron chi connectivity index (χ0n) is 12.8. The third-order valence-electron chi connectivity index (χ3n) is 4.60. The second-order valence-electron chi connectivity index (χ2n) is 5.81. The number of aromatic nitrogens is 2. The highest BCUT2D eigenvalue weighted by Gasteiger charge is 2.23. The van der Waals surface area contributed by atoms with Crippen LogP contribution in [0, 0.1) is 5.92 Å². The van der Waals surface area contributed by atoms with Crippen molar-refractivity contribution in [2.75, 3.05) is 7.05 Å². The van der Waals surface area contributed by atoms with E-state index in [2.05, 4.69) is 37.0 Å². The van der Waals surface area contributed by atoms with Gasteiger partial charge in [0.05, 0.1) is 12.2 Å². The van der Waals surface area contributed by atoms with Crippen molar-refractivity contribution in [1.82, 2.24) is 15.1 Å². The van der Waals surface area contributed by atoms with Crippen LogP contribution < -0.4 is 5.32 Å². The summed E-state index contributed by atoms with van der Waals surface area (Å²) in [5.74, 6) is 0.831. The summed E-state index contributed by atoms with van der Waals surface area (Å²) in [4.78, 5) is 0. The SMILES string of the molecule is CCc1cc(CC)n(CC(NC)C2CCCCC2)n1. The molecule has 0 aliphatic heterocycles. The number of hydrogen-bond acceptors (Lipinski definition) is 2. The summed E-state index contributed by atoms with van der Waals surface area (Å²) in [6, 6.07) is 2.85. The van der Waals surface area contributed by atoms with E-state index in [0.29, 0.717) is 6.04 Å². The van der Waals surface area contributed by atoms with Crippen LogP contribution in [0.15, 0.2) is 6.07 Å². The summed E-state index contributed by atoms with van der Waals surface area (Å²) in [6.07, 6.45) is 9.12. The van der Waals surface area contributed by atoms with Crippen molar-refractivity contribution in [2.24, 2.45) is 5.92 Å². The average Bonchev–Trinajstić information content (AvgIpc) is 2.87. The summed E-state index contributed by atoms with van der Waals surface area (Å²) in [6.45, 7) is 5.44. The fourth-order valence-corrected chi connectivity index (χ4v) is 3.33. The number of nitrogens with zero attached hydrogens (tertiary/aromatic N) is 2. The third-order valence-corrected chi connectivity index (χ3v) is 4.60. The first-order valence-corrected chi connectivity index (χ1v) is 8.01. The Balaban J connectivity index is 2.06. The number of hydrogen-bond donors (Lipinski definition) is 1. The van der Waals surface area contributed by atoms with Crippen LogP contribution in [0.4, 0.5) is 0 Å². The van der Waals surface area contributed by atoms with E-state index in [-0.39, 0.29) is 0 Å². The molecule has 2 rings (SSSR count). The minimum absolute atomic E-state index is 0.579. The van der Waals surface area contributed by atoms with Crippen LogP contribution >= 0.6 is 0 Å². The lowest BCUT2D eigenvalue weighted by Crippen LogP contribution is -2.39. The lowest BCUT2D eigenvalue weighted by molar-refractivity contribution is 0.250. The van der Waals surface area contributed by atoms with E-state index in [1.54, 1.807) is 0 Å². The molecule has 1 aromatic heterocycles. The first-order valence-electron chi connectivity index (χ1n) is 8.01. The van der Waals surface area contributed by atoms with Crippen LogP contribution in [0.1, 0.15) is 57.3 Å². The predicted molar refractivity (Wildman–Crippen MR) is 80.4 cm³/mol. The van der Waals surface area contributed by atoms with Gasteiger partial charge in [0.1, 0.15) is 0 Å². The Morgan fingerprint density at radius 1 is 1.26 bits per heavy atom. The molecular formula is C16H29N3. The highest BCUT2D eigenvalue weighted by atomic mass is 15.3. The number of likely N-dealkylation sites (N-methyl/N-ethyl adjacent to an activating group) is 1. The molecule has 0 radical (unpaired) electrons. The molecule has 0 bridgehead atoms. The van der Waals surface area contributed by atoms with Gasteiger partial charge in [-0.05, 0) is 44.7 Å². The summed E-state index contributed by atoms with van der Waals surface area (Å²) in [7, 11) is 2.11. The summed E-state index contributed by atoms with van der Waals surface area (Å²) >= 11 is 0. The van der Waals surface area contributed by atoms with E-state index in [1.165, 1.54) is 43.5 Å². The number of aryl methyl sites for hydroxylation is 2. The van der Waals surface area contributed by atoms with E-state index >= 15 is 0 Å². The molecule has 1 heterocycles. The highest BCUT2D eigenvalue weighted by Crippen LogP contribution is 2.27. The Hall–Kier alpha value is -0.830. The maximum Gasteiger partial charge on any atom is 0.0624 e. The Bertz CT molecular complexity index is 377. The molecular weight excluding hydrogens is 234 g/mol. The molecule has 0 saturated heterocycles. The van der Waals surface area contributed by atoms with Gasteiger partial charge in [0, 0.05) is 11.7 Å². The van der Waals surface area contributed by atoms with Crippen LogP contribution in [0.3, 0.4) is 0 Å². The van der Waals surface area contributed by atoms with Gasteiger partial charge < -0.3 is 5.32 Å². The van der Waals surface area contributed by atoms with Crippen molar-refractivity contribution in [2.45, 2.75) is 71.4 Å². The minimum Gasteiger partial charge on any atom is -0.315 e. The van der Waals surface area contributed by atoms with Crippen molar-refractivity contribution in [1.29, 1.82) is 0 Å². The van der Waals surface area contributed by atoms with Crippen molar-refractivity contribution < 1.29 is 0 Å². The van der Waals surface area contributed by atoms with Gasteiger partial charge in [0.2, 0.25) is 0 Å². The van der Waals surface area contributed by atoms with E-state index in [9.17, 15) is 0 Å². The maximum absolute atomic E-state index is 4.76. The van der Waals surface area contributed by atoms with E-state index in [0.717, 1.165) is 25.3 Å². The van der Waals surface area contributed by atoms with Gasteiger partial charge in [-0.15, -0.1) is 0 Å². The monoisotopic (exact) mass is 263 g/mol. The summed E-state index contributed by atoms with van der Waals surface area (Å²) < 4.78 is 2.24. The standard InChI is InChI=1S/C16H29N3/c1-4-14-11-15(5-2)19(18-14)12-16(17-3)13-9-7-6-8-10-13/h11,13,16-17H,4-10,12H2,1-3H3. The molecule has 1 aliphatic rings. The third kappa shape index (κ3) is 3.59. The van der Waals surface area contributed by atoms with Crippen molar-refractivity contribution >= 4 is 0 Å². The molecule has 1 aliphatic carbocycles. The Morgan fingerprint density at radius 3 is 2.58 bits per heavy atom. The molecule has 3 nitrogen and oxygen atoms in total. The van der Waals surface area contributed by atoms with Crippen LogP contribution in [-0.2, 0) is 19.4 Å². The smallest absolute Gasteiger partial charge is 0.0624 e. The normalized spacial score (nSPS) is 18.7. The van der Waals surface area contributed by atoms with Crippen LogP contribution in [0.2, 0.25) is 0 Å². The predicted octanol–water partition coefficient (Wildman–Crippen LogP) is 3.18. The quantitative estimate of drug-likeness (QED) is 0.854. The largest absolute Gasteiger partial charge is 0.315 e. The zero-order valence-corrected chi connectivity index (χ0v) is 12.8. The molecule has 3 heteroatoms. The average molecular weight is 263 g/mol. The van der Waals surface area contributed by atoms with Gasteiger partial charge in [0.15, 0.2) is 0 Å². The van der Waals surface area contributed by atoms with Crippen molar-refractivity contribution in [3.63, 3.8) is 0 Å². The molecule has 0 amide bonds. The van der Waals surface area contributed by atoms with Crippen LogP contribution in [0.25, 0.3) is 0 Å². The van der Waals surface area contributed by atoms with Crippen LogP contribution in [0.5, 0.6) is 0 Å². The van der Waals surface area contributed by atoms with Gasteiger partial charge in [-0.1, -0.05) is 33.1 Å². The fourth-order valence-electron chi connectivity index (χ4n) is 3.33. The van der Waals surface area contributed by atoms with Gasteiger partial charge in [-0.2, -0.15) is 5.10 Å². The van der Waals surface area contributed by atoms with Crippen LogP contribution in [-0.4, -0.2) is 22.9 Å². The topological polar surface area (TPSA) is 29.9 Å². The zero-order chi connectivity index (χ0) is 13.7. The Morgan fingerprint density at radius 2 is 2.00 bits per heavy atom. The molecule has 1 unspecified atom stereocenters. The fraction of sp³-hybridized carbons (Fsp3) is 0.812. The van der Waals surface area contributed by atoms with Gasteiger partial charge >= 0.3 is 0 Å².